The molecule has 3 rings (SSSR count). The van der Waals surface area contributed by atoms with E-state index < -0.39 is 17.6 Å². The highest BCUT2D eigenvalue weighted by atomic mass is 32.1. The van der Waals surface area contributed by atoms with Crippen LogP contribution < -0.4 is 10.9 Å². The van der Waals surface area contributed by atoms with E-state index in [1.807, 2.05) is 36.6 Å². The molecule has 27 heavy (non-hydrogen) atoms. The molecule has 0 bridgehead atoms. The Morgan fingerprint density at radius 2 is 1.81 bits per heavy atom. The number of halogens is 1. The number of benzene rings is 2. The third kappa shape index (κ3) is 4.47. The van der Waals surface area contributed by atoms with Gasteiger partial charge in [-0.3, -0.25) is 20.4 Å². The van der Waals surface area contributed by atoms with Gasteiger partial charge < -0.3 is 4.57 Å². The Labute approximate surface area is 164 Å². The Hall–Kier alpha value is -2.84. The third-order valence-corrected chi connectivity index (χ3v) is 5.14. The quantitative estimate of drug-likeness (QED) is 0.516. The van der Waals surface area contributed by atoms with E-state index in [0.29, 0.717) is 3.95 Å². The zero-order chi connectivity index (χ0) is 19.4. The molecule has 0 saturated heterocycles. The average Bonchev–Trinajstić information content (AvgIpc) is 3.01. The van der Waals surface area contributed by atoms with Gasteiger partial charge in [0.05, 0.1) is 11.3 Å². The molecule has 8 heteroatoms. The molecular formula is C19H16FN3O2S2. The van der Waals surface area contributed by atoms with Crippen molar-refractivity contribution >= 4 is 35.4 Å². The maximum Gasteiger partial charge on any atom is 0.272 e. The standard InChI is InChI=1S/C19H16FN3O2S2/c1-12-6-8-13(9-7-12)16-11-27-19(26)23(16)10-17(24)21-22-18(25)14-4-2-3-5-15(14)20/h2-9,11H,10H2,1H3,(H,21,24)(H,22,25). The van der Waals surface area contributed by atoms with Crippen LogP contribution in [0.1, 0.15) is 15.9 Å². The van der Waals surface area contributed by atoms with Crippen molar-refractivity contribution in [2.24, 2.45) is 0 Å². The number of hydrazine groups is 1. The molecule has 1 aromatic heterocycles. The largest absolute Gasteiger partial charge is 0.313 e. The molecule has 0 aliphatic rings. The number of amides is 2. The van der Waals surface area contributed by atoms with E-state index in [1.165, 1.54) is 29.5 Å². The Morgan fingerprint density at radius 1 is 1.11 bits per heavy atom. The van der Waals surface area contributed by atoms with Crippen LogP contribution in [0.4, 0.5) is 4.39 Å². The van der Waals surface area contributed by atoms with Crippen LogP contribution in [0.2, 0.25) is 0 Å². The highest BCUT2D eigenvalue weighted by Crippen LogP contribution is 2.24. The number of aromatic nitrogens is 1. The molecule has 2 amide bonds. The van der Waals surface area contributed by atoms with Gasteiger partial charge in [0.25, 0.3) is 11.8 Å². The highest BCUT2D eigenvalue weighted by Gasteiger charge is 2.14. The van der Waals surface area contributed by atoms with Crippen LogP contribution in [0.25, 0.3) is 11.3 Å². The molecule has 0 spiro atoms. The van der Waals surface area contributed by atoms with Crippen molar-refractivity contribution in [1.29, 1.82) is 0 Å². The average molecular weight is 401 g/mol. The van der Waals surface area contributed by atoms with E-state index in [9.17, 15) is 14.0 Å². The second kappa shape index (κ2) is 8.24. The smallest absolute Gasteiger partial charge is 0.272 e. The summed E-state index contributed by atoms with van der Waals surface area (Å²) in [4.78, 5) is 24.2. The summed E-state index contributed by atoms with van der Waals surface area (Å²) < 4.78 is 15.8. The van der Waals surface area contributed by atoms with Gasteiger partial charge in [-0.15, -0.1) is 11.3 Å². The Balaban J connectivity index is 1.69. The van der Waals surface area contributed by atoms with Gasteiger partial charge in [-0.1, -0.05) is 42.0 Å². The molecule has 0 aliphatic carbocycles. The summed E-state index contributed by atoms with van der Waals surface area (Å²) in [7, 11) is 0. The molecule has 5 nitrogen and oxygen atoms in total. The first-order valence-corrected chi connectivity index (χ1v) is 9.33. The van der Waals surface area contributed by atoms with Crippen LogP contribution >= 0.6 is 23.6 Å². The first kappa shape index (κ1) is 18.9. The monoisotopic (exact) mass is 401 g/mol. The highest BCUT2D eigenvalue weighted by molar-refractivity contribution is 7.73. The van der Waals surface area contributed by atoms with Gasteiger partial charge in [0, 0.05) is 5.38 Å². The fraction of sp³-hybridized carbons (Fsp3) is 0.105. The zero-order valence-corrected chi connectivity index (χ0v) is 16.0. The van der Waals surface area contributed by atoms with Crippen molar-refractivity contribution in [2.75, 3.05) is 0 Å². The van der Waals surface area contributed by atoms with Crippen LogP contribution in [-0.2, 0) is 11.3 Å². The molecule has 1 heterocycles. The molecule has 0 fully saturated rings. The minimum Gasteiger partial charge on any atom is -0.313 e. The molecule has 0 atom stereocenters. The lowest BCUT2D eigenvalue weighted by Gasteiger charge is -2.11. The predicted octanol–water partition coefficient (Wildman–Crippen LogP) is 3.85. The first-order valence-electron chi connectivity index (χ1n) is 8.05. The lowest BCUT2D eigenvalue weighted by molar-refractivity contribution is -0.122. The van der Waals surface area contributed by atoms with Gasteiger partial charge in [0.1, 0.15) is 12.4 Å². The van der Waals surface area contributed by atoms with E-state index in [4.69, 9.17) is 12.2 Å². The molecule has 0 saturated carbocycles. The predicted molar refractivity (Wildman–Crippen MR) is 105 cm³/mol. The van der Waals surface area contributed by atoms with Crippen LogP contribution in [0.5, 0.6) is 0 Å². The third-order valence-electron chi connectivity index (χ3n) is 3.87. The minimum atomic E-state index is -0.728. The van der Waals surface area contributed by atoms with Crippen molar-refractivity contribution in [2.45, 2.75) is 13.5 Å². The van der Waals surface area contributed by atoms with Crippen LogP contribution in [0.15, 0.2) is 53.9 Å². The normalized spacial score (nSPS) is 10.4. The van der Waals surface area contributed by atoms with Crippen molar-refractivity contribution in [1.82, 2.24) is 15.4 Å². The number of hydrogen-bond donors (Lipinski definition) is 2. The number of rotatable bonds is 4. The zero-order valence-electron chi connectivity index (χ0n) is 14.4. The van der Waals surface area contributed by atoms with Crippen molar-refractivity contribution in [3.63, 3.8) is 0 Å². The van der Waals surface area contributed by atoms with Gasteiger partial charge in [-0.05, 0) is 36.8 Å². The Bertz CT molecular complexity index is 1040. The summed E-state index contributed by atoms with van der Waals surface area (Å²) in [6.07, 6.45) is 0. The summed E-state index contributed by atoms with van der Waals surface area (Å²) in [6, 6.07) is 13.4. The van der Waals surface area contributed by atoms with Crippen LogP contribution in [0.3, 0.4) is 0 Å². The van der Waals surface area contributed by atoms with E-state index >= 15 is 0 Å². The molecule has 138 valence electrons. The fourth-order valence-corrected chi connectivity index (χ4v) is 3.53. The van der Waals surface area contributed by atoms with E-state index in [-0.39, 0.29) is 12.1 Å². The van der Waals surface area contributed by atoms with Gasteiger partial charge in [-0.2, -0.15) is 0 Å². The number of aryl methyl sites for hydroxylation is 1. The SMILES string of the molecule is Cc1ccc(-c2csc(=S)n2CC(=O)NNC(=O)c2ccccc2F)cc1. The second-order valence-corrected chi connectivity index (χ2v) is 7.32. The van der Waals surface area contributed by atoms with Crippen molar-refractivity contribution < 1.29 is 14.0 Å². The molecule has 0 unspecified atom stereocenters. The number of thiazole rings is 1. The molecular weight excluding hydrogens is 385 g/mol. The lowest BCUT2D eigenvalue weighted by Crippen LogP contribution is -2.43. The summed E-state index contributed by atoms with van der Waals surface area (Å²) >= 11 is 6.67. The van der Waals surface area contributed by atoms with Gasteiger partial charge in [0.2, 0.25) is 0 Å². The molecule has 0 radical (unpaired) electrons. The summed E-state index contributed by atoms with van der Waals surface area (Å²) in [5.74, 6) is -1.86. The van der Waals surface area contributed by atoms with Gasteiger partial charge in [-0.25, -0.2) is 4.39 Å². The molecule has 2 N–H and O–H groups in total. The molecule has 3 aromatic rings. The van der Waals surface area contributed by atoms with Crippen molar-refractivity contribution in [3.05, 3.63) is 74.8 Å². The summed E-state index contributed by atoms with van der Waals surface area (Å²) in [5, 5.41) is 1.89. The summed E-state index contributed by atoms with van der Waals surface area (Å²) in [5.41, 5.74) is 7.25. The Morgan fingerprint density at radius 3 is 2.52 bits per heavy atom. The molecule has 0 aliphatic heterocycles. The maximum absolute atomic E-state index is 13.6. The van der Waals surface area contributed by atoms with Crippen LogP contribution in [-0.4, -0.2) is 16.4 Å². The molecule has 2 aromatic carbocycles. The van der Waals surface area contributed by atoms with E-state index in [1.54, 1.807) is 10.6 Å². The summed E-state index contributed by atoms with van der Waals surface area (Å²) in [6.45, 7) is 1.93. The minimum absolute atomic E-state index is 0.0664. The number of hydrogen-bond acceptors (Lipinski definition) is 4. The number of carbonyl (C=O) groups excluding carboxylic acids is 2. The van der Waals surface area contributed by atoms with Gasteiger partial charge in [0.15, 0.2) is 3.95 Å². The first-order chi connectivity index (χ1) is 13.0. The van der Waals surface area contributed by atoms with E-state index in [0.717, 1.165) is 16.8 Å². The second-order valence-electron chi connectivity index (χ2n) is 5.82. The van der Waals surface area contributed by atoms with Crippen LogP contribution in [0, 0.1) is 16.7 Å². The lowest BCUT2D eigenvalue weighted by atomic mass is 10.1. The van der Waals surface area contributed by atoms with Crippen molar-refractivity contribution in [3.8, 4) is 11.3 Å². The fourth-order valence-electron chi connectivity index (χ4n) is 2.45. The van der Waals surface area contributed by atoms with E-state index in [2.05, 4.69) is 10.9 Å². The van der Waals surface area contributed by atoms with Gasteiger partial charge >= 0.3 is 0 Å². The maximum atomic E-state index is 13.6. The Kier molecular flexibility index (Phi) is 5.78. The number of carbonyl (C=O) groups is 2. The number of nitrogens with one attached hydrogen (secondary N) is 2. The number of nitrogens with zero attached hydrogens (tertiary/aromatic N) is 1. The topological polar surface area (TPSA) is 63.1 Å².